The molecule has 1 N–H and O–H groups in total. The Hall–Kier alpha value is -2.24. The molecule has 3 aromatic rings. The molecule has 128 valence electrons. The highest BCUT2D eigenvalue weighted by Crippen LogP contribution is 2.29. The number of ether oxygens (including phenoxy) is 1. The van der Waals surface area contributed by atoms with Crippen molar-refractivity contribution >= 4 is 40.1 Å². The lowest BCUT2D eigenvalue weighted by atomic mass is 9.99. The zero-order chi connectivity index (χ0) is 17.4. The third-order valence-electron chi connectivity index (χ3n) is 4.27. The fourth-order valence-corrected chi connectivity index (χ4v) is 3.31. The molecule has 1 aliphatic rings. The standard InChI is InChI=1S/C18H15Cl2N3O2/c19-12-5-6-16(13(20)7-12)25-10-17(24)23-8-11(9-23)18-21-14-3-1-2-4-15(14)22-18/h1-7,11H,8-10H2,(H,21,22). The zero-order valence-corrected chi connectivity index (χ0v) is 14.7. The number of para-hydroxylation sites is 2. The summed E-state index contributed by atoms with van der Waals surface area (Å²) in [6.07, 6.45) is 0. The molecule has 4 rings (SSSR count). The number of rotatable bonds is 4. The Morgan fingerprint density at radius 2 is 2.04 bits per heavy atom. The number of aromatic amines is 1. The maximum Gasteiger partial charge on any atom is 0.260 e. The molecule has 1 aromatic heterocycles. The van der Waals surface area contributed by atoms with Crippen LogP contribution in [0.2, 0.25) is 10.0 Å². The summed E-state index contributed by atoms with van der Waals surface area (Å²) in [6, 6.07) is 12.8. The van der Waals surface area contributed by atoms with Crippen LogP contribution < -0.4 is 4.74 Å². The van der Waals surface area contributed by atoms with Crippen molar-refractivity contribution in [2.75, 3.05) is 19.7 Å². The third-order valence-corrected chi connectivity index (χ3v) is 4.80. The maximum atomic E-state index is 12.2. The Kier molecular flexibility index (Phi) is 4.27. The summed E-state index contributed by atoms with van der Waals surface area (Å²) in [5.41, 5.74) is 1.96. The molecule has 0 aliphatic carbocycles. The van der Waals surface area contributed by atoms with Crippen LogP contribution in [-0.2, 0) is 4.79 Å². The van der Waals surface area contributed by atoms with Gasteiger partial charge in [0.05, 0.1) is 22.0 Å². The summed E-state index contributed by atoms with van der Waals surface area (Å²) in [4.78, 5) is 21.9. The van der Waals surface area contributed by atoms with Crippen LogP contribution in [0.25, 0.3) is 11.0 Å². The van der Waals surface area contributed by atoms with E-state index in [1.165, 1.54) is 0 Å². The van der Waals surface area contributed by atoms with Crippen LogP contribution >= 0.6 is 23.2 Å². The number of hydrogen-bond acceptors (Lipinski definition) is 3. The molecular weight excluding hydrogens is 361 g/mol. The number of hydrogen-bond donors (Lipinski definition) is 1. The molecule has 1 aliphatic heterocycles. The van der Waals surface area contributed by atoms with Crippen LogP contribution in [0.3, 0.4) is 0 Å². The van der Waals surface area contributed by atoms with Crippen LogP contribution in [0, 0.1) is 0 Å². The van der Waals surface area contributed by atoms with Crippen LogP contribution in [0.4, 0.5) is 0 Å². The van der Waals surface area contributed by atoms with Gasteiger partial charge in [-0.15, -0.1) is 0 Å². The summed E-state index contributed by atoms with van der Waals surface area (Å²) in [7, 11) is 0. The minimum absolute atomic E-state index is 0.0474. The van der Waals surface area contributed by atoms with Crippen LogP contribution in [-0.4, -0.2) is 40.5 Å². The van der Waals surface area contributed by atoms with E-state index in [1.54, 1.807) is 23.1 Å². The van der Waals surface area contributed by atoms with E-state index in [4.69, 9.17) is 27.9 Å². The molecule has 0 radical (unpaired) electrons. The van der Waals surface area contributed by atoms with E-state index in [1.807, 2.05) is 24.3 Å². The van der Waals surface area contributed by atoms with Gasteiger partial charge in [-0.3, -0.25) is 4.79 Å². The minimum atomic E-state index is -0.0709. The van der Waals surface area contributed by atoms with Gasteiger partial charge in [-0.25, -0.2) is 4.98 Å². The van der Waals surface area contributed by atoms with Gasteiger partial charge in [-0.05, 0) is 30.3 Å². The van der Waals surface area contributed by atoms with Crippen molar-refractivity contribution in [1.82, 2.24) is 14.9 Å². The number of carbonyl (C=O) groups excluding carboxylic acids is 1. The van der Waals surface area contributed by atoms with E-state index in [9.17, 15) is 4.79 Å². The lowest BCUT2D eigenvalue weighted by molar-refractivity contribution is -0.137. The smallest absolute Gasteiger partial charge is 0.260 e. The van der Waals surface area contributed by atoms with Crippen molar-refractivity contribution in [3.63, 3.8) is 0 Å². The monoisotopic (exact) mass is 375 g/mol. The minimum Gasteiger partial charge on any atom is -0.482 e. The first-order valence-electron chi connectivity index (χ1n) is 7.90. The van der Waals surface area contributed by atoms with Gasteiger partial charge in [0.25, 0.3) is 5.91 Å². The average molecular weight is 376 g/mol. The van der Waals surface area contributed by atoms with Gasteiger partial charge in [-0.1, -0.05) is 35.3 Å². The van der Waals surface area contributed by atoms with E-state index in [0.717, 1.165) is 16.9 Å². The van der Waals surface area contributed by atoms with Crippen molar-refractivity contribution in [1.29, 1.82) is 0 Å². The number of likely N-dealkylation sites (tertiary alicyclic amines) is 1. The molecule has 2 heterocycles. The van der Waals surface area contributed by atoms with Crippen LogP contribution in [0.5, 0.6) is 5.75 Å². The summed E-state index contributed by atoms with van der Waals surface area (Å²) < 4.78 is 5.49. The second kappa shape index (κ2) is 6.58. The van der Waals surface area contributed by atoms with Crippen LogP contribution in [0.15, 0.2) is 42.5 Å². The largest absolute Gasteiger partial charge is 0.482 e. The number of imidazole rings is 1. The SMILES string of the molecule is O=C(COc1ccc(Cl)cc1Cl)N1CC(c2nc3ccccc3[nH]2)C1. The number of carbonyl (C=O) groups is 1. The molecule has 0 unspecified atom stereocenters. The maximum absolute atomic E-state index is 12.2. The third kappa shape index (κ3) is 3.30. The van der Waals surface area contributed by atoms with E-state index in [0.29, 0.717) is 28.9 Å². The molecule has 1 saturated heterocycles. The number of amides is 1. The van der Waals surface area contributed by atoms with E-state index in [-0.39, 0.29) is 18.4 Å². The fourth-order valence-electron chi connectivity index (χ4n) is 2.84. The Morgan fingerprint density at radius 1 is 1.24 bits per heavy atom. The molecule has 2 aromatic carbocycles. The molecule has 5 nitrogen and oxygen atoms in total. The molecule has 1 fully saturated rings. The van der Waals surface area contributed by atoms with Crippen molar-refractivity contribution in [3.8, 4) is 5.75 Å². The predicted octanol–water partition coefficient (Wildman–Crippen LogP) is 3.87. The second-order valence-corrected chi connectivity index (χ2v) is 6.84. The summed E-state index contributed by atoms with van der Waals surface area (Å²) >= 11 is 11.9. The Bertz CT molecular complexity index is 902. The molecule has 0 bridgehead atoms. The van der Waals surface area contributed by atoms with Gasteiger partial charge in [0.2, 0.25) is 0 Å². The van der Waals surface area contributed by atoms with Gasteiger partial charge in [0.15, 0.2) is 6.61 Å². The van der Waals surface area contributed by atoms with E-state index < -0.39 is 0 Å². The number of nitrogens with one attached hydrogen (secondary N) is 1. The fraction of sp³-hybridized carbons (Fsp3) is 0.222. The predicted molar refractivity (Wildman–Crippen MR) is 97.4 cm³/mol. The van der Waals surface area contributed by atoms with E-state index >= 15 is 0 Å². The van der Waals surface area contributed by atoms with Gasteiger partial charge in [-0.2, -0.15) is 0 Å². The van der Waals surface area contributed by atoms with E-state index in [2.05, 4.69) is 9.97 Å². The van der Waals surface area contributed by atoms with Crippen molar-refractivity contribution in [2.24, 2.45) is 0 Å². The molecular formula is C18H15Cl2N3O2. The molecule has 25 heavy (non-hydrogen) atoms. The first kappa shape index (κ1) is 16.2. The Balaban J connectivity index is 1.33. The lowest BCUT2D eigenvalue weighted by Gasteiger charge is -2.38. The summed E-state index contributed by atoms with van der Waals surface area (Å²) in [5, 5.41) is 0.921. The number of aromatic nitrogens is 2. The summed E-state index contributed by atoms with van der Waals surface area (Å²) in [5.74, 6) is 1.54. The Labute approximate surface area is 154 Å². The first-order chi connectivity index (χ1) is 12.1. The number of H-pyrrole nitrogens is 1. The molecule has 0 spiro atoms. The second-order valence-electron chi connectivity index (χ2n) is 6.00. The zero-order valence-electron chi connectivity index (χ0n) is 13.2. The first-order valence-corrected chi connectivity index (χ1v) is 8.66. The quantitative estimate of drug-likeness (QED) is 0.752. The number of nitrogens with zero attached hydrogens (tertiary/aromatic N) is 2. The van der Waals surface area contributed by atoms with Gasteiger partial charge in [0.1, 0.15) is 11.6 Å². The molecule has 0 atom stereocenters. The van der Waals surface area contributed by atoms with Gasteiger partial charge >= 0.3 is 0 Å². The normalized spacial score (nSPS) is 14.6. The van der Waals surface area contributed by atoms with Crippen LogP contribution in [0.1, 0.15) is 11.7 Å². The van der Waals surface area contributed by atoms with Gasteiger partial charge < -0.3 is 14.6 Å². The average Bonchev–Trinajstić information content (AvgIpc) is 2.96. The number of benzene rings is 2. The highest BCUT2D eigenvalue weighted by molar-refractivity contribution is 6.35. The van der Waals surface area contributed by atoms with Gasteiger partial charge in [0, 0.05) is 18.1 Å². The van der Waals surface area contributed by atoms with Crippen molar-refractivity contribution < 1.29 is 9.53 Å². The number of halogens is 2. The Morgan fingerprint density at radius 3 is 2.80 bits per heavy atom. The molecule has 1 amide bonds. The highest BCUT2D eigenvalue weighted by atomic mass is 35.5. The number of fused-ring (bicyclic) bond motifs is 1. The van der Waals surface area contributed by atoms with Crippen molar-refractivity contribution in [3.05, 3.63) is 58.3 Å². The highest BCUT2D eigenvalue weighted by Gasteiger charge is 2.33. The summed E-state index contributed by atoms with van der Waals surface area (Å²) in [6.45, 7) is 1.22. The molecule has 7 heteroatoms. The van der Waals surface area contributed by atoms with Crippen molar-refractivity contribution in [2.45, 2.75) is 5.92 Å². The molecule has 0 saturated carbocycles. The lowest BCUT2D eigenvalue weighted by Crippen LogP contribution is -2.50. The topological polar surface area (TPSA) is 58.2 Å².